The molecule has 5 nitrogen and oxygen atoms in total. The first-order valence-electron chi connectivity index (χ1n) is 19.3. The molecule has 1 N–H and O–H groups in total. The predicted molar refractivity (Wildman–Crippen MR) is 188 cm³/mol. The minimum absolute atomic E-state index is 0.00802. The van der Waals surface area contributed by atoms with Gasteiger partial charge in [0.1, 0.15) is 23.3 Å². The lowest BCUT2D eigenvalue weighted by molar-refractivity contribution is 0.0938. The highest BCUT2D eigenvalue weighted by Crippen LogP contribution is 2.24. The Morgan fingerprint density at radius 2 is 0.864 bits per heavy atom. The fourth-order valence-electron chi connectivity index (χ4n) is 6.35. The topological polar surface area (TPSA) is 72.2 Å². The molecule has 0 aromatic carbocycles. The zero-order valence-electron chi connectivity index (χ0n) is 29.7. The molecule has 1 rings (SSSR count). The Hall–Kier alpha value is -1.49. The van der Waals surface area contributed by atoms with E-state index in [1.807, 2.05) is 6.92 Å². The lowest BCUT2D eigenvalue weighted by atomic mass is 10.0. The van der Waals surface area contributed by atoms with Crippen molar-refractivity contribution in [2.75, 3.05) is 0 Å². The van der Waals surface area contributed by atoms with Gasteiger partial charge in [0.05, 0.1) is 0 Å². The molecule has 44 heavy (non-hydrogen) atoms. The van der Waals surface area contributed by atoms with Crippen molar-refractivity contribution in [1.29, 1.82) is 0 Å². The van der Waals surface area contributed by atoms with Crippen molar-refractivity contribution in [3.63, 3.8) is 0 Å². The van der Waals surface area contributed by atoms with Crippen LogP contribution in [0.2, 0.25) is 0 Å². The van der Waals surface area contributed by atoms with E-state index in [0.29, 0.717) is 30.8 Å². The van der Waals surface area contributed by atoms with Crippen LogP contribution in [0.25, 0.3) is 0 Å². The van der Waals surface area contributed by atoms with Crippen molar-refractivity contribution >= 4 is 11.6 Å². The molecule has 1 atom stereocenters. The summed E-state index contributed by atoms with van der Waals surface area (Å²) >= 11 is 0. The average Bonchev–Trinajstić information content (AvgIpc) is 3.38. The van der Waals surface area contributed by atoms with Crippen LogP contribution in [-0.4, -0.2) is 26.2 Å². The van der Waals surface area contributed by atoms with E-state index in [9.17, 15) is 14.7 Å². The molecule has 5 heteroatoms. The molecule has 0 radical (unpaired) electrons. The molecule has 1 aromatic heterocycles. The number of hydrogen-bond acceptors (Lipinski definition) is 4. The van der Waals surface area contributed by atoms with E-state index in [1.165, 1.54) is 135 Å². The third kappa shape index (κ3) is 18.5. The Morgan fingerprint density at radius 3 is 1.20 bits per heavy atom. The van der Waals surface area contributed by atoms with Crippen LogP contribution in [-0.2, 0) is 7.05 Å². The highest BCUT2D eigenvalue weighted by atomic mass is 16.3. The fraction of sp³-hybridized carbons (Fsp3) is 0.872. The number of nitrogens with zero attached hydrogens (tertiary/aromatic N) is 2. The lowest BCUT2D eigenvalue weighted by Gasteiger charge is -2.09. The van der Waals surface area contributed by atoms with E-state index in [0.717, 1.165) is 32.1 Å². The van der Waals surface area contributed by atoms with Crippen molar-refractivity contribution in [3.8, 4) is 0 Å². The third-order valence-corrected chi connectivity index (χ3v) is 9.36. The molecular weight excluding hydrogens is 544 g/mol. The highest BCUT2D eigenvalue weighted by molar-refractivity contribution is 6.06. The van der Waals surface area contributed by atoms with Gasteiger partial charge in [-0.15, -0.1) is 0 Å². The molecule has 1 unspecified atom stereocenters. The van der Waals surface area contributed by atoms with Crippen molar-refractivity contribution in [2.24, 2.45) is 7.05 Å². The van der Waals surface area contributed by atoms with Crippen LogP contribution in [0.15, 0.2) is 0 Å². The van der Waals surface area contributed by atoms with E-state index in [-0.39, 0.29) is 17.3 Å². The van der Waals surface area contributed by atoms with Gasteiger partial charge in [-0.25, -0.2) is 4.98 Å². The largest absolute Gasteiger partial charge is 0.385 e. The summed E-state index contributed by atoms with van der Waals surface area (Å²) < 4.78 is 1.69. The summed E-state index contributed by atoms with van der Waals surface area (Å²) in [5, 5.41) is 10.5. The number of ketones is 2. The molecule has 0 aliphatic rings. The second-order valence-corrected chi connectivity index (χ2v) is 13.5. The van der Waals surface area contributed by atoms with Crippen LogP contribution in [0.3, 0.4) is 0 Å². The maximum Gasteiger partial charge on any atom is 0.183 e. The molecule has 0 fully saturated rings. The first-order valence-corrected chi connectivity index (χ1v) is 19.3. The number of carbonyl (C=O) groups is 2. The van der Waals surface area contributed by atoms with Crippen molar-refractivity contribution in [1.82, 2.24) is 9.55 Å². The number of aromatic nitrogens is 2. The van der Waals surface area contributed by atoms with Gasteiger partial charge < -0.3 is 9.67 Å². The normalized spacial score (nSPS) is 12.2. The number of imidazole rings is 1. The van der Waals surface area contributed by atoms with Gasteiger partial charge in [0.15, 0.2) is 11.6 Å². The molecule has 0 bridgehead atoms. The maximum absolute atomic E-state index is 13.3. The predicted octanol–water partition coefficient (Wildman–Crippen LogP) is 12.2. The Bertz CT molecular complexity index is 847. The lowest BCUT2D eigenvalue weighted by Crippen LogP contribution is -2.13. The minimum Gasteiger partial charge on any atom is -0.385 e. The van der Waals surface area contributed by atoms with Gasteiger partial charge in [-0.2, -0.15) is 0 Å². The Balaban J connectivity index is 2.35. The molecule has 0 aliphatic carbocycles. The molecule has 0 saturated carbocycles. The summed E-state index contributed by atoms with van der Waals surface area (Å²) in [4.78, 5) is 31.1. The smallest absolute Gasteiger partial charge is 0.183 e. The van der Waals surface area contributed by atoms with Gasteiger partial charge in [-0.3, -0.25) is 9.59 Å². The van der Waals surface area contributed by atoms with Gasteiger partial charge in [-0.05, 0) is 19.3 Å². The zero-order valence-corrected chi connectivity index (χ0v) is 29.7. The van der Waals surface area contributed by atoms with Crippen LogP contribution in [0.1, 0.15) is 240 Å². The van der Waals surface area contributed by atoms with Crippen molar-refractivity contribution in [3.05, 3.63) is 17.2 Å². The first-order chi connectivity index (χ1) is 21.5. The van der Waals surface area contributed by atoms with E-state index >= 15 is 0 Å². The summed E-state index contributed by atoms with van der Waals surface area (Å²) in [7, 11) is 1.78. The standard InChI is InChI=1S/C39H72N2O3/c1-5-8-10-12-14-16-18-20-22-24-26-28-30-32-35(43)37-38(41(4)39(40-37)34(42)7-3)36(44)33-31-29-27-25-23-21-19-17-15-13-11-9-6-2/h34,42H,5-33H2,1-4H3. The third-order valence-electron chi connectivity index (χ3n) is 9.36. The van der Waals surface area contributed by atoms with E-state index in [1.54, 1.807) is 11.6 Å². The zero-order chi connectivity index (χ0) is 32.3. The van der Waals surface area contributed by atoms with Gasteiger partial charge >= 0.3 is 0 Å². The summed E-state index contributed by atoms with van der Waals surface area (Å²) in [6, 6.07) is 0. The van der Waals surface area contributed by atoms with Gasteiger partial charge in [0.2, 0.25) is 0 Å². The summed E-state index contributed by atoms with van der Waals surface area (Å²) in [5.41, 5.74) is 0.694. The molecule has 1 heterocycles. The number of hydrogen-bond donors (Lipinski definition) is 1. The number of aliphatic hydroxyl groups is 1. The monoisotopic (exact) mass is 617 g/mol. The highest BCUT2D eigenvalue weighted by Gasteiger charge is 2.27. The number of aliphatic hydroxyl groups excluding tert-OH is 1. The first kappa shape index (κ1) is 40.5. The van der Waals surface area contributed by atoms with Gasteiger partial charge in [0, 0.05) is 19.9 Å². The SMILES string of the molecule is CCCCCCCCCCCCCCCC(=O)c1nc(C(O)CC)n(C)c1C(=O)CCCCCCCCCCCCCCC. The maximum atomic E-state index is 13.3. The number of Topliss-reactive ketones (excluding diaryl/α,β-unsaturated/α-hetero) is 2. The summed E-state index contributed by atoms with van der Waals surface area (Å²) in [6.07, 6.45) is 33.6. The van der Waals surface area contributed by atoms with Gasteiger partial charge in [0.25, 0.3) is 0 Å². The van der Waals surface area contributed by atoms with E-state index in [2.05, 4.69) is 18.8 Å². The van der Waals surface area contributed by atoms with Crippen LogP contribution in [0, 0.1) is 0 Å². The number of carbonyl (C=O) groups excluding carboxylic acids is 2. The van der Waals surface area contributed by atoms with Crippen LogP contribution < -0.4 is 0 Å². The molecular formula is C39H72N2O3. The fourth-order valence-corrected chi connectivity index (χ4v) is 6.35. The van der Waals surface area contributed by atoms with Crippen molar-refractivity contribution in [2.45, 2.75) is 213 Å². The number of unbranched alkanes of at least 4 members (excludes halogenated alkanes) is 24. The van der Waals surface area contributed by atoms with E-state index in [4.69, 9.17) is 0 Å². The van der Waals surface area contributed by atoms with Crippen LogP contribution in [0.5, 0.6) is 0 Å². The molecule has 0 spiro atoms. The Morgan fingerprint density at radius 1 is 0.545 bits per heavy atom. The van der Waals surface area contributed by atoms with Crippen LogP contribution in [0.4, 0.5) is 0 Å². The van der Waals surface area contributed by atoms with Gasteiger partial charge in [-0.1, -0.05) is 175 Å². The Kier molecular flexibility index (Phi) is 25.6. The molecule has 0 aliphatic heterocycles. The molecule has 256 valence electrons. The molecule has 0 saturated heterocycles. The Labute approximate surface area is 272 Å². The molecule has 1 aromatic rings. The second-order valence-electron chi connectivity index (χ2n) is 13.5. The number of rotatable bonds is 32. The van der Waals surface area contributed by atoms with E-state index < -0.39 is 6.10 Å². The second kappa shape index (κ2) is 27.8. The quantitative estimate of drug-likeness (QED) is 0.0645. The molecule has 0 amide bonds. The van der Waals surface area contributed by atoms with Crippen molar-refractivity contribution < 1.29 is 14.7 Å². The average molecular weight is 617 g/mol. The summed E-state index contributed by atoms with van der Waals surface area (Å²) in [6.45, 7) is 6.43. The summed E-state index contributed by atoms with van der Waals surface area (Å²) in [5.74, 6) is 0.383. The van der Waals surface area contributed by atoms with Crippen LogP contribution >= 0.6 is 0 Å². The minimum atomic E-state index is -0.763.